The van der Waals surface area contributed by atoms with Gasteiger partial charge in [0.1, 0.15) is 17.3 Å². The van der Waals surface area contributed by atoms with E-state index in [1.807, 2.05) is 11.0 Å². The molecule has 1 aliphatic carbocycles. The lowest BCUT2D eigenvalue weighted by atomic mass is 9.85. The van der Waals surface area contributed by atoms with Crippen LogP contribution in [0, 0.1) is 11.7 Å². The predicted molar refractivity (Wildman–Crippen MR) is 121 cm³/mol. The van der Waals surface area contributed by atoms with E-state index in [4.69, 9.17) is 9.84 Å². The second-order valence-corrected chi connectivity index (χ2v) is 9.33. The van der Waals surface area contributed by atoms with Crippen LogP contribution in [0.25, 0.3) is 0 Å². The summed E-state index contributed by atoms with van der Waals surface area (Å²) in [7, 11) is 0. The number of phenolic OH excluding ortho intramolecular Hbond substituents is 1. The average molecular weight is 451 g/mol. The molecule has 7 nitrogen and oxygen atoms in total. The number of nitrogens with zero attached hydrogens (tertiary/aromatic N) is 3. The normalized spacial score (nSPS) is 24.5. The smallest absolute Gasteiger partial charge is 0.341 e. The summed E-state index contributed by atoms with van der Waals surface area (Å²) in [6.07, 6.45) is 3.86. The Kier molecular flexibility index (Phi) is 4.98. The number of carbonyl (C=O) groups is 1. The Labute approximate surface area is 191 Å². The van der Waals surface area contributed by atoms with Gasteiger partial charge in [0, 0.05) is 17.6 Å². The second-order valence-electron chi connectivity index (χ2n) is 9.33. The van der Waals surface area contributed by atoms with Crippen molar-refractivity contribution in [3.8, 4) is 11.5 Å². The molecule has 2 amide bonds. The number of phenols is 1. The fourth-order valence-corrected chi connectivity index (χ4v) is 5.41. The van der Waals surface area contributed by atoms with Crippen molar-refractivity contribution in [2.24, 2.45) is 11.0 Å². The molecule has 2 atom stereocenters. The Hall–Kier alpha value is -3.13. The molecule has 4 aliphatic rings. The van der Waals surface area contributed by atoms with Crippen LogP contribution >= 0.6 is 0 Å². The topological polar surface area (TPSA) is 77.4 Å². The summed E-state index contributed by atoms with van der Waals surface area (Å²) in [6.45, 7) is 2.13. The third kappa shape index (κ3) is 3.62. The molecule has 0 bridgehead atoms. The number of ether oxygens (including phenoxy) is 1. The number of amides is 2. The number of hydrogen-bond donors (Lipinski definition) is 2. The van der Waals surface area contributed by atoms with E-state index in [1.54, 1.807) is 29.3 Å². The lowest BCUT2D eigenvalue weighted by Crippen LogP contribution is -2.51. The largest absolute Gasteiger partial charge is 0.508 e. The number of rotatable bonds is 3. The molecule has 2 N–H and O–H groups in total. The van der Waals surface area contributed by atoms with Gasteiger partial charge in [-0.15, -0.1) is 0 Å². The molecule has 1 saturated heterocycles. The van der Waals surface area contributed by atoms with Gasteiger partial charge in [-0.25, -0.2) is 14.2 Å². The molecule has 0 aromatic heterocycles. The average Bonchev–Trinajstić information content (AvgIpc) is 3.57. The molecule has 3 aliphatic heterocycles. The zero-order chi connectivity index (χ0) is 22.5. The highest BCUT2D eigenvalue weighted by atomic mass is 19.1. The molecular formula is C25H27FN4O3. The monoisotopic (exact) mass is 450 g/mol. The van der Waals surface area contributed by atoms with Gasteiger partial charge >= 0.3 is 6.03 Å². The summed E-state index contributed by atoms with van der Waals surface area (Å²) in [4.78, 5) is 16.1. The fraction of sp³-hybridized carbons (Fsp3) is 0.440. The van der Waals surface area contributed by atoms with Gasteiger partial charge in [-0.05, 0) is 74.7 Å². The van der Waals surface area contributed by atoms with Crippen LogP contribution < -0.4 is 10.1 Å². The molecule has 2 fully saturated rings. The number of aromatic hydroxyl groups is 1. The Bertz CT molecular complexity index is 1110. The lowest BCUT2D eigenvalue weighted by Gasteiger charge is -2.38. The van der Waals surface area contributed by atoms with Gasteiger partial charge in [0.2, 0.25) is 0 Å². The molecule has 0 radical (unpaired) electrons. The van der Waals surface area contributed by atoms with Crippen LogP contribution in [-0.2, 0) is 0 Å². The van der Waals surface area contributed by atoms with Crippen molar-refractivity contribution in [1.29, 1.82) is 0 Å². The minimum atomic E-state index is -0.431. The zero-order valence-corrected chi connectivity index (χ0v) is 18.3. The Morgan fingerprint density at radius 2 is 1.91 bits per heavy atom. The minimum absolute atomic E-state index is 0.113. The highest BCUT2D eigenvalue weighted by Crippen LogP contribution is 2.45. The third-order valence-electron chi connectivity index (χ3n) is 7.12. The molecular weight excluding hydrogens is 423 g/mol. The second kappa shape index (κ2) is 8.02. The molecule has 172 valence electrons. The summed E-state index contributed by atoms with van der Waals surface area (Å²) < 4.78 is 20.1. The minimum Gasteiger partial charge on any atom is -0.508 e. The third-order valence-corrected chi connectivity index (χ3v) is 7.12. The maximum absolute atomic E-state index is 14.1. The molecule has 3 heterocycles. The van der Waals surface area contributed by atoms with Crippen molar-refractivity contribution in [1.82, 2.24) is 15.2 Å². The van der Waals surface area contributed by atoms with E-state index in [0.717, 1.165) is 44.3 Å². The lowest BCUT2D eigenvalue weighted by molar-refractivity contribution is 0.0984. The number of urea groups is 1. The Balaban J connectivity index is 1.42. The van der Waals surface area contributed by atoms with E-state index in [9.17, 15) is 14.3 Å². The van der Waals surface area contributed by atoms with Crippen LogP contribution in [0.15, 0.2) is 47.6 Å². The number of piperidine rings is 1. The van der Waals surface area contributed by atoms with Crippen LogP contribution in [0.2, 0.25) is 0 Å². The van der Waals surface area contributed by atoms with E-state index in [0.29, 0.717) is 23.6 Å². The van der Waals surface area contributed by atoms with Crippen LogP contribution in [0.4, 0.5) is 9.18 Å². The number of fused-ring (bicyclic) bond motifs is 3. The first kappa shape index (κ1) is 20.5. The maximum atomic E-state index is 14.1. The summed E-state index contributed by atoms with van der Waals surface area (Å²) in [5.41, 5.74) is 2.04. The van der Waals surface area contributed by atoms with Crippen molar-refractivity contribution in [3.05, 3.63) is 59.4 Å². The summed E-state index contributed by atoms with van der Waals surface area (Å²) in [6, 6.07) is 11.3. The van der Waals surface area contributed by atoms with Gasteiger partial charge in [0.25, 0.3) is 0 Å². The van der Waals surface area contributed by atoms with Gasteiger partial charge in [0.05, 0.1) is 24.3 Å². The van der Waals surface area contributed by atoms with Gasteiger partial charge in [-0.3, -0.25) is 0 Å². The van der Waals surface area contributed by atoms with Crippen molar-refractivity contribution in [2.75, 3.05) is 19.7 Å². The highest BCUT2D eigenvalue weighted by Gasteiger charge is 2.49. The number of carbonyl (C=O) groups excluding carboxylic acids is 1. The first-order valence-electron chi connectivity index (χ1n) is 11.7. The van der Waals surface area contributed by atoms with Crippen molar-refractivity contribution in [3.63, 3.8) is 0 Å². The SMILES string of the molecule is O=C(N(C1CCNCC1)C1CC1)N1N=C2c3cc(F)ccc3OC[C@@H]2[C@H]1c1cccc(O)c1. The molecule has 2 aromatic carbocycles. The predicted octanol–water partition coefficient (Wildman–Crippen LogP) is 3.64. The molecule has 0 unspecified atom stereocenters. The highest BCUT2D eigenvalue weighted by molar-refractivity contribution is 6.07. The number of halogens is 1. The van der Waals surface area contributed by atoms with Crippen LogP contribution in [0.5, 0.6) is 11.5 Å². The quantitative estimate of drug-likeness (QED) is 0.749. The first-order chi connectivity index (χ1) is 16.1. The van der Waals surface area contributed by atoms with Gasteiger partial charge in [-0.2, -0.15) is 5.10 Å². The summed E-state index contributed by atoms with van der Waals surface area (Å²) in [5, 5.41) is 19.9. The van der Waals surface area contributed by atoms with Crippen LogP contribution in [-0.4, -0.2) is 58.5 Å². The van der Waals surface area contributed by atoms with Crippen LogP contribution in [0.1, 0.15) is 42.9 Å². The number of hydrogen-bond acceptors (Lipinski definition) is 5. The van der Waals surface area contributed by atoms with E-state index in [1.165, 1.54) is 12.1 Å². The molecule has 0 spiro atoms. The number of benzene rings is 2. The standard InChI is InChI=1S/C25H27FN4O3/c26-16-4-7-22-20(13-16)23-21(14-33-22)24(15-2-1-3-19(31)12-15)30(28-23)25(32)29(17-5-6-17)18-8-10-27-11-9-18/h1-4,7,12-13,17-18,21,24,27,31H,5-6,8-11,14H2/t21-,24+/m0/s1. The molecule has 33 heavy (non-hydrogen) atoms. The van der Waals surface area contributed by atoms with E-state index >= 15 is 0 Å². The van der Waals surface area contributed by atoms with Crippen LogP contribution in [0.3, 0.4) is 0 Å². The molecule has 6 rings (SSSR count). The Morgan fingerprint density at radius 3 is 2.67 bits per heavy atom. The zero-order valence-electron chi connectivity index (χ0n) is 18.3. The molecule has 8 heteroatoms. The van der Waals surface area contributed by atoms with E-state index in [-0.39, 0.29) is 35.6 Å². The van der Waals surface area contributed by atoms with Crippen molar-refractivity contribution in [2.45, 2.75) is 43.8 Å². The fourth-order valence-electron chi connectivity index (χ4n) is 5.41. The Morgan fingerprint density at radius 1 is 1.12 bits per heavy atom. The molecule has 2 aromatic rings. The van der Waals surface area contributed by atoms with Crippen molar-refractivity contribution < 1.29 is 19.0 Å². The maximum Gasteiger partial charge on any atom is 0.341 e. The summed E-state index contributed by atoms with van der Waals surface area (Å²) >= 11 is 0. The summed E-state index contributed by atoms with van der Waals surface area (Å²) in [5.74, 6) is 0.0921. The van der Waals surface area contributed by atoms with Crippen molar-refractivity contribution >= 4 is 11.7 Å². The van der Waals surface area contributed by atoms with E-state index in [2.05, 4.69) is 5.32 Å². The number of nitrogens with one attached hydrogen (secondary N) is 1. The van der Waals surface area contributed by atoms with Gasteiger partial charge in [-0.1, -0.05) is 12.1 Å². The van der Waals surface area contributed by atoms with Gasteiger partial charge in [0.15, 0.2) is 0 Å². The number of hydrazone groups is 1. The van der Waals surface area contributed by atoms with E-state index < -0.39 is 6.04 Å². The first-order valence-corrected chi connectivity index (χ1v) is 11.7. The van der Waals surface area contributed by atoms with Gasteiger partial charge < -0.3 is 20.1 Å². The molecule has 1 saturated carbocycles.